The van der Waals surface area contributed by atoms with Crippen LogP contribution in [0, 0.1) is 6.92 Å². The third kappa shape index (κ3) is 6.47. The average Bonchev–Trinajstić information content (AvgIpc) is 3.21. The molecule has 1 aromatic heterocycles. The van der Waals surface area contributed by atoms with Crippen LogP contribution in [-0.2, 0) is 22.6 Å². The van der Waals surface area contributed by atoms with Crippen LogP contribution in [0.25, 0.3) is 0 Å². The maximum atomic E-state index is 12.6. The summed E-state index contributed by atoms with van der Waals surface area (Å²) in [6, 6.07) is 20.9. The molecule has 3 aromatic rings. The zero-order valence-corrected chi connectivity index (χ0v) is 18.0. The number of hydrogen-bond acceptors (Lipinski definition) is 3. The van der Waals surface area contributed by atoms with Gasteiger partial charge in [-0.2, -0.15) is 0 Å². The van der Waals surface area contributed by atoms with E-state index < -0.39 is 6.04 Å². The number of rotatable bonds is 9. The molecule has 1 heterocycles. The average molecular weight is 420 g/mol. The lowest BCUT2D eigenvalue weighted by molar-refractivity contribution is -0.143. The van der Waals surface area contributed by atoms with Crippen LogP contribution < -0.4 is 10.6 Å². The van der Waals surface area contributed by atoms with Gasteiger partial charge in [-0.25, -0.2) is 4.79 Å². The predicted molar refractivity (Wildman–Crippen MR) is 121 cm³/mol. The van der Waals surface area contributed by atoms with Crippen LogP contribution in [0.2, 0.25) is 0 Å². The lowest BCUT2D eigenvalue weighted by Crippen LogP contribution is -2.38. The van der Waals surface area contributed by atoms with Crippen LogP contribution >= 0.6 is 0 Å². The van der Waals surface area contributed by atoms with E-state index in [9.17, 15) is 9.59 Å². The minimum absolute atomic E-state index is 0.0783. The van der Waals surface area contributed by atoms with Crippen molar-refractivity contribution in [2.45, 2.75) is 39.4 Å². The van der Waals surface area contributed by atoms with Gasteiger partial charge in [0.05, 0.1) is 25.6 Å². The van der Waals surface area contributed by atoms with Gasteiger partial charge in [-0.05, 0) is 42.7 Å². The summed E-state index contributed by atoms with van der Waals surface area (Å²) < 4.78 is 7.18. The molecule has 0 saturated heterocycles. The Morgan fingerprint density at radius 3 is 2.48 bits per heavy atom. The molecule has 162 valence electrons. The molecular weight excluding hydrogens is 390 g/mol. The number of carbonyl (C=O) groups excluding carboxylic acids is 2. The summed E-state index contributed by atoms with van der Waals surface area (Å²) in [6.45, 7) is 5.29. The Balaban J connectivity index is 1.61. The fraction of sp³-hybridized carbons (Fsp3) is 0.280. The number of aromatic nitrogens is 1. The maximum Gasteiger partial charge on any atom is 0.315 e. The topological polar surface area (TPSA) is 72.4 Å². The second-order valence-electron chi connectivity index (χ2n) is 7.35. The number of aryl methyl sites for hydroxylation is 1. The molecule has 0 spiro atoms. The van der Waals surface area contributed by atoms with Gasteiger partial charge in [-0.3, -0.25) is 4.79 Å². The van der Waals surface area contributed by atoms with E-state index in [4.69, 9.17) is 4.74 Å². The zero-order chi connectivity index (χ0) is 22.1. The standard InChI is InChI=1S/C25H29N3O3/c1-3-31-24(29)16-23(20-11-5-4-6-12-20)27-25(30)26-17-22-14-9-15-28(22)18-21-13-8-7-10-19(21)2/h4-15,23H,3,16-18H2,1-2H3,(H2,26,27,30)/t23-/m0/s1. The van der Waals surface area contributed by atoms with Crippen LogP contribution in [0.15, 0.2) is 72.9 Å². The van der Waals surface area contributed by atoms with Gasteiger partial charge >= 0.3 is 12.0 Å². The van der Waals surface area contributed by atoms with Gasteiger partial charge in [-0.15, -0.1) is 0 Å². The molecule has 3 rings (SSSR count). The van der Waals surface area contributed by atoms with E-state index in [-0.39, 0.29) is 18.4 Å². The van der Waals surface area contributed by atoms with Crippen molar-refractivity contribution >= 4 is 12.0 Å². The van der Waals surface area contributed by atoms with E-state index in [0.717, 1.165) is 17.8 Å². The normalized spacial score (nSPS) is 11.5. The molecule has 0 fully saturated rings. The summed E-state index contributed by atoms with van der Waals surface area (Å²) in [7, 11) is 0. The van der Waals surface area contributed by atoms with Crippen molar-refractivity contribution in [2.75, 3.05) is 6.61 Å². The minimum Gasteiger partial charge on any atom is -0.466 e. The number of esters is 1. The van der Waals surface area contributed by atoms with Crippen LogP contribution in [0.1, 0.15) is 41.8 Å². The van der Waals surface area contributed by atoms with Crippen molar-refractivity contribution in [3.8, 4) is 0 Å². The molecule has 0 aliphatic carbocycles. The molecule has 0 aliphatic heterocycles. The number of hydrogen-bond donors (Lipinski definition) is 2. The van der Waals surface area contributed by atoms with Gasteiger partial charge in [0, 0.05) is 18.4 Å². The maximum absolute atomic E-state index is 12.6. The number of nitrogens with one attached hydrogen (secondary N) is 2. The summed E-state index contributed by atoms with van der Waals surface area (Å²) >= 11 is 0. The van der Waals surface area contributed by atoms with E-state index >= 15 is 0 Å². The Kier molecular flexibility index (Phi) is 7.87. The minimum atomic E-state index is -0.459. The quantitative estimate of drug-likeness (QED) is 0.507. The molecule has 0 saturated carbocycles. The summed E-state index contributed by atoms with van der Waals surface area (Å²) in [5.41, 5.74) is 4.33. The van der Waals surface area contributed by atoms with Crippen molar-refractivity contribution < 1.29 is 14.3 Å². The third-order valence-corrected chi connectivity index (χ3v) is 5.14. The lowest BCUT2D eigenvalue weighted by Gasteiger charge is -2.19. The molecular formula is C25H29N3O3. The Morgan fingerprint density at radius 1 is 1.00 bits per heavy atom. The van der Waals surface area contributed by atoms with Gasteiger partial charge in [0.15, 0.2) is 0 Å². The first-order chi connectivity index (χ1) is 15.1. The van der Waals surface area contributed by atoms with E-state index in [1.165, 1.54) is 11.1 Å². The molecule has 6 nitrogen and oxygen atoms in total. The van der Waals surface area contributed by atoms with E-state index in [2.05, 4.69) is 34.3 Å². The SMILES string of the molecule is CCOC(=O)C[C@H](NC(=O)NCc1cccn1Cc1ccccc1C)c1ccccc1. The van der Waals surface area contributed by atoms with Crippen molar-refractivity contribution in [2.24, 2.45) is 0 Å². The summed E-state index contributed by atoms with van der Waals surface area (Å²) in [5, 5.41) is 5.81. The first-order valence-corrected chi connectivity index (χ1v) is 10.5. The first-order valence-electron chi connectivity index (χ1n) is 10.5. The van der Waals surface area contributed by atoms with Crippen LogP contribution in [0.3, 0.4) is 0 Å². The van der Waals surface area contributed by atoms with Gasteiger partial charge in [0.2, 0.25) is 0 Å². The van der Waals surface area contributed by atoms with E-state index in [1.807, 2.05) is 60.8 Å². The van der Waals surface area contributed by atoms with Crippen LogP contribution in [-0.4, -0.2) is 23.2 Å². The highest BCUT2D eigenvalue weighted by Crippen LogP contribution is 2.17. The summed E-state index contributed by atoms with van der Waals surface area (Å²) in [4.78, 5) is 24.6. The monoisotopic (exact) mass is 419 g/mol. The number of carbonyl (C=O) groups is 2. The highest BCUT2D eigenvalue weighted by atomic mass is 16.5. The Hall–Kier alpha value is -3.54. The number of nitrogens with zero attached hydrogens (tertiary/aromatic N) is 1. The van der Waals surface area contributed by atoms with Gasteiger partial charge in [-0.1, -0.05) is 54.6 Å². The molecule has 31 heavy (non-hydrogen) atoms. The van der Waals surface area contributed by atoms with Crippen LogP contribution in [0.5, 0.6) is 0 Å². The van der Waals surface area contributed by atoms with Crippen molar-refractivity contribution in [1.82, 2.24) is 15.2 Å². The fourth-order valence-electron chi connectivity index (χ4n) is 3.44. The highest BCUT2D eigenvalue weighted by molar-refractivity contribution is 5.76. The van der Waals surface area contributed by atoms with E-state index in [1.54, 1.807) is 6.92 Å². The Bertz CT molecular complexity index is 998. The van der Waals surface area contributed by atoms with Gasteiger partial charge in [0.1, 0.15) is 0 Å². The second kappa shape index (κ2) is 11.0. The van der Waals surface area contributed by atoms with Crippen molar-refractivity contribution in [3.63, 3.8) is 0 Å². The molecule has 2 amide bonds. The Labute approximate surface area is 183 Å². The molecule has 0 radical (unpaired) electrons. The predicted octanol–water partition coefficient (Wildman–Crippen LogP) is 4.34. The largest absolute Gasteiger partial charge is 0.466 e. The van der Waals surface area contributed by atoms with Gasteiger partial charge in [0.25, 0.3) is 0 Å². The molecule has 2 N–H and O–H groups in total. The molecule has 0 aliphatic rings. The summed E-state index contributed by atoms with van der Waals surface area (Å²) in [6.07, 6.45) is 2.09. The third-order valence-electron chi connectivity index (χ3n) is 5.14. The number of benzene rings is 2. The number of ether oxygens (including phenoxy) is 1. The highest BCUT2D eigenvalue weighted by Gasteiger charge is 2.19. The molecule has 0 unspecified atom stereocenters. The second-order valence-corrected chi connectivity index (χ2v) is 7.35. The van der Waals surface area contributed by atoms with Crippen LogP contribution in [0.4, 0.5) is 4.79 Å². The van der Waals surface area contributed by atoms with Gasteiger partial charge < -0.3 is 19.9 Å². The molecule has 1 atom stereocenters. The zero-order valence-electron chi connectivity index (χ0n) is 18.0. The number of amides is 2. The Morgan fingerprint density at radius 2 is 1.74 bits per heavy atom. The molecule has 0 bridgehead atoms. The first kappa shape index (κ1) is 22.2. The molecule has 6 heteroatoms. The van der Waals surface area contributed by atoms with E-state index in [0.29, 0.717) is 13.2 Å². The fourth-order valence-corrected chi connectivity index (χ4v) is 3.44. The smallest absolute Gasteiger partial charge is 0.315 e. The van der Waals surface area contributed by atoms with Crippen molar-refractivity contribution in [3.05, 3.63) is 95.3 Å². The molecule has 2 aromatic carbocycles. The lowest BCUT2D eigenvalue weighted by atomic mass is 10.0. The number of urea groups is 1. The summed E-state index contributed by atoms with van der Waals surface area (Å²) in [5.74, 6) is -0.344. The van der Waals surface area contributed by atoms with Crippen molar-refractivity contribution in [1.29, 1.82) is 0 Å².